The van der Waals surface area contributed by atoms with Crippen molar-refractivity contribution in [2.45, 2.75) is 33.2 Å². The van der Waals surface area contributed by atoms with Gasteiger partial charge in [0.25, 0.3) is 0 Å². The van der Waals surface area contributed by atoms with Gasteiger partial charge in [-0.15, -0.1) is 0 Å². The van der Waals surface area contributed by atoms with E-state index in [0.29, 0.717) is 18.6 Å². The van der Waals surface area contributed by atoms with Crippen LogP contribution in [0, 0.1) is 13.8 Å². The molecule has 1 amide bonds. The molecular weight excluding hydrogens is 282 g/mol. The van der Waals surface area contributed by atoms with Gasteiger partial charge in [0.15, 0.2) is 0 Å². The molecule has 0 aliphatic carbocycles. The van der Waals surface area contributed by atoms with Crippen LogP contribution in [-0.4, -0.2) is 17.0 Å². The average molecular weight is 301 g/mol. The van der Waals surface area contributed by atoms with E-state index in [1.165, 1.54) is 17.2 Å². The van der Waals surface area contributed by atoms with Gasteiger partial charge < -0.3 is 14.8 Å². The number of furan rings is 1. The van der Waals surface area contributed by atoms with Crippen molar-refractivity contribution in [2.24, 2.45) is 0 Å². The number of carboxylic acid groups (broad SMARTS) is 1. The maximum atomic E-state index is 11.8. The molecule has 2 N–H and O–H groups in total. The number of aromatic carboxylic acids is 1. The molecule has 0 bridgehead atoms. The third-order valence-corrected chi connectivity index (χ3v) is 3.45. The largest absolute Gasteiger partial charge is 0.475 e. The van der Waals surface area contributed by atoms with Crippen molar-refractivity contribution in [3.05, 3.63) is 58.5 Å². The average Bonchev–Trinajstić information content (AvgIpc) is 2.93. The van der Waals surface area contributed by atoms with Crippen molar-refractivity contribution < 1.29 is 19.1 Å². The third kappa shape index (κ3) is 4.22. The van der Waals surface area contributed by atoms with Crippen LogP contribution in [0.1, 0.15) is 39.4 Å². The van der Waals surface area contributed by atoms with Crippen molar-refractivity contribution in [3.63, 3.8) is 0 Å². The summed E-state index contributed by atoms with van der Waals surface area (Å²) < 4.78 is 5.08. The van der Waals surface area contributed by atoms with Gasteiger partial charge in [0.2, 0.25) is 11.7 Å². The first-order valence-electron chi connectivity index (χ1n) is 7.10. The standard InChI is InChI=1S/C17H19NO4/c1-11-3-4-13(12(2)9-11)5-8-16(19)18-10-14-6-7-15(22-14)17(20)21/h3-4,6-7,9H,5,8,10H2,1-2H3,(H,18,19)(H,20,21). The lowest BCUT2D eigenvalue weighted by Crippen LogP contribution is -2.22. The number of hydrogen-bond acceptors (Lipinski definition) is 3. The van der Waals surface area contributed by atoms with E-state index in [-0.39, 0.29) is 18.2 Å². The molecule has 0 saturated heterocycles. The molecule has 1 aromatic heterocycles. The molecule has 0 saturated carbocycles. The van der Waals surface area contributed by atoms with Crippen molar-refractivity contribution in [3.8, 4) is 0 Å². The summed E-state index contributed by atoms with van der Waals surface area (Å²) in [6.07, 6.45) is 1.06. The topological polar surface area (TPSA) is 79.5 Å². The monoisotopic (exact) mass is 301 g/mol. The molecular formula is C17H19NO4. The first-order chi connectivity index (χ1) is 10.5. The number of hydrogen-bond donors (Lipinski definition) is 2. The van der Waals surface area contributed by atoms with Gasteiger partial charge >= 0.3 is 5.97 Å². The minimum absolute atomic E-state index is 0.0896. The Bertz CT molecular complexity index is 688. The molecule has 5 nitrogen and oxygen atoms in total. The Morgan fingerprint density at radius 3 is 2.59 bits per heavy atom. The van der Waals surface area contributed by atoms with Gasteiger partial charge in [-0.1, -0.05) is 23.8 Å². The molecule has 2 rings (SSSR count). The van der Waals surface area contributed by atoms with Crippen LogP contribution in [0.15, 0.2) is 34.7 Å². The second-order valence-electron chi connectivity index (χ2n) is 5.28. The Morgan fingerprint density at radius 2 is 1.95 bits per heavy atom. The molecule has 2 aromatic rings. The van der Waals surface area contributed by atoms with Crippen molar-refractivity contribution in [2.75, 3.05) is 0 Å². The molecule has 5 heteroatoms. The normalized spacial score (nSPS) is 10.5. The summed E-state index contributed by atoms with van der Waals surface area (Å²) in [7, 11) is 0. The number of carbonyl (C=O) groups is 2. The first-order valence-corrected chi connectivity index (χ1v) is 7.10. The molecule has 116 valence electrons. The highest BCUT2D eigenvalue weighted by molar-refractivity contribution is 5.84. The van der Waals surface area contributed by atoms with Crippen LogP contribution >= 0.6 is 0 Å². The summed E-state index contributed by atoms with van der Waals surface area (Å²) in [5.74, 6) is -0.905. The fourth-order valence-electron chi connectivity index (χ4n) is 2.24. The Hall–Kier alpha value is -2.56. The first kappa shape index (κ1) is 15.8. The molecule has 0 atom stereocenters. The summed E-state index contributed by atoms with van der Waals surface area (Å²) in [6.45, 7) is 4.27. The number of nitrogens with one attached hydrogen (secondary N) is 1. The van der Waals surface area contributed by atoms with E-state index in [1.54, 1.807) is 6.07 Å². The van der Waals surface area contributed by atoms with Crippen molar-refractivity contribution in [1.29, 1.82) is 0 Å². The van der Waals surface area contributed by atoms with E-state index in [9.17, 15) is 9.59 Å². The van der Waals surface area contributed by atoms with Crippen LogP contribution in [0.4, 0.5) is 0 Å². The van der Waals surface area contributed by atoms with Crippen LogP contribution in [0.25, 0.3) is 0 Å². The molecule has 0 radical (unpaired) electrons. The fraction of sp³-hybridized carbons (Fsp3) is 0.294. The summed E-state index contributed by atoms with van der Waals surface area (Å²) >= 11 is 0. The van der Waals surface area contributed by atoms with E-state index in [2.05, 4.69) is 11.4 Å². The predicted molar refractivity (Wildman–Crippen MR) is 81.8 cm³/mol. The van der Waals surface area contributed by atoms with Gasteiger partial charge in [-0.25, -0.2) is 4.79 Å². The molecule has 1 aromatic carbocycles. The summed E-state index contributed by atoms with van der Waals surface area (Å²) in [6, 6.07) is 9.11. The lowest BCUT2D eigenvalue weighted by Gasteiger charge is -2.07. The van der Waals surface area contributed by atoms with Gasteiger partial charge in [0.1, 0.15) is 5.76 Å². The molecule has 0 unspecified atom stereocenters. The molecule has 0 aliphatic heterocycles. The van der Waals surface area contributed by atoms with Gasteiger partial charge in [-0.3, -0.25) is 4.79 Å². The zero-order valence-electron chi connectivity index (χ0n) is 12.7. The predicted octanol–water partition coefficient (Wildman–Crippen LogP) is 2.84. The summed E-state index contributed by atoms with van der Waals surface area (Å²) in [5.41, 5.74) is 3.55. The van der Waals surface area contributed by atoms with Crippen LogP contribution in [-0.2, 0) is 17.8 Å². The zero-order chi connectivity index (χ0) is 16.1. The highest BCUT2D eigenvalue weighted by atomic mass is 16.4. The molecule has 0 aliphatic rings. The summed E-state index contributed by atoms with van der Waals surface area (Å²) in [5, 5.41) is 11.5. The molecule has 0 fully saturated rings. The van der Waals surface area contributed by atoms with Gasteiger partial charge in [0, 0.05) is 6.42 Å². The SMILES string of the molecule is Cc1ccc(CCC(=O)NCc2ccc(C(=O)O)o2)c(C)c1. The van der Waals surface area contributed by atoms with Gasteiger partial charge in [-0.2, -0.15) is 0 Å². The van der Waals surface area contributed by atoms with Crippen molar-refractivity contribution in [1.82, 2.24) is 5.32 Å². The quantitative estimate of drug-likeness (QED) is 0.860. The third-order valence-electron chi connectivity index (χ3n) is 3.45. The van der Waals surface area contributed by atoms with E-state index < -0.39 is 5.97 Å². The Morgan fingerprint density at radius 1 is 1.18 bits per heavy atom. The zero-order valence-corrected chi connectivity index (χ0v) is 12.7. The number of rotatable bonds is 6. The van der Waals surface area contributed by atoms with Crippen LogP contribution in [0.5, 0.6) is 0 Å². The maximum absolute atomic E-state index is 11.8. The van der Waals surface area contributed by atoms with Crippen LogP contribution in [0.3, 0.4) is 0 Å². The highest BCUT2D eigenvalue weighted by Crippen LogP contribution is 2.12. The Kier molecular flexibility index (Phi) is 4.99. The van der Waals surface area contributed by atoms with E-state index >= 15 is 0 Å². The van der Waals surface area contributed by atoms with E-state index in [1.807, 2.05) is 26.0 Å². The highest BCUT2D eigenvalue weighted by Gasteiger charge is 2.10. The number of aryl methyl sites for hydroxylation is 3. The minimum atomic E-state index is -1.12. The number of benzene rings is 1. The van der Waals surface area contributed by atoms with Gasteiger partial charge in [0.05, 0.1) is 6.54 Å². The smallest absolute Gasteiger partial charge is 0.371 e. The molecule has 22 heavy (non-hydrogen) atoms. The molecule has 1 heterocycles. The van der Waals surface area contributed by atoms with Gasteiger partial charge in [-0.05, 0) is 43.5 Å². The van der Waals surface area contributed by atoms with Crippen LogP contribution < -0.4 is 5.32 Å². The Balaban J connectivity index is 1.81. The van der Waals surface area contributed by atoms with E-state index in [0.717, 1.165) is 5.56 Å². The molecule has 0 spiro atoms. The summed E-state index contributed by atoms with van der Waals surface area (Å²) in [4.78, 5) is 22.5. The second kappa shape index (κ2) is 6.93. The minimum Gasteiger partial charge on any atom is -0.475 e. The van der Waals surface area contributed by atoms with Crippen LogP contribution in [0.2, 0.25) is 0 Å². The number of carbonyl (C=O) groups excluding carboxylic acids is 1. The second-order valence-corrected chi connectivity index (χ2v) is 5.28. The van der Waals surface area contributed by atoms with Crippen molar-refractivity contribution >= 4 is 11.9 Å². The lowest BCUT2D eigenvalue weighted by molar-refractivity contribution is -0.121. The lowest BCUT2D eigenvalue weighted by atomic mass is 10.0. The van der Waals surface area contributed by atoms with E-state index in [4.69, 9.17) is 9.52 Å². The fourth-order valence-corrected chi connectivity index (χ4v) is 2.24. The Labute approximate surface area is 129 Å². The maximum Gasteiger partial charge on any atom is 0.371 e. The number of amides is 1. The number of carboxylic acids is 1.